The minimum atomic E-state index is -0.812. The van der Waals surface area contributed by atoms with Crippen LogP contribution in [0.3, 0.4) is 0 Å². The van der Waals surface area contributed by atoms with Gasteiger partial charge in [-0.3, -0.25) is 20.2 Å². The number of benzene rings is 1. The fourth-order valence-electron chi connectivity index (χ4n) is 2.78. The molecule has 3 heterocycles. The highest BCUT2D eigenvalue weighted by atomic mass is 32.2. The van der Waals surface area contributed by atoms with E-state index in [0.717, 1.165) is 0 Å². The van der Waals surface area contributed by atoms with Gasteiger partial charge in [0.1, 0.15) is 6.04 Å². The first-order valence-electron chi connectivity index (χ1n) is 8.62. The maximum atomic E-state index is 12.6. The van der Waals surface area contributed by atoms with Crippen LogP contribution in [0.2, 0.25) is 0 Å². The Morgan fingerprint density at radius 2 is 2.07 bits per heavy atom. The first-order valence-corrected chi connectivity index (χ1v) is 9.60. The molecule has 1 aliphatic heterocycles. The van der Waals surface area contributed by atoms with Crippen LogP contribution in [-0.2, 0) is 15.3 Å². The SMILES string of the molecule is Cc1ccccc1CSc1nc2n(n1)[C@@H](C(=O)Nc1ncccn1)CC(=O)N2. The molecule has 1 atom stereocenters. The number of aromatic nitrogens is 5. The minimum Gasteiger partial charge on any atom is -0.295 e. The third kappa shape index (κ3) is 3.86. The zero-order valence-corrected chi connectivity index (χ0v) is 15.8. The summed E-state index contributed by atoms with van der Waals surface area (Å²) >= 11 is 1.45. The van der Waals surface area contributed by atoms with Crippen molar-refractivity contribution in [1.82, 2.24) is 24.7 Å². The van der Waals surface area contributed by atoms with Crippen molar-refractivity contribution in [3.8, 4) is 0 Å². The number of anilines is 2. The number of thioether (sulfide) groups is 1. The quantitative estimate of drug-likeness (QED) is 0.636. The lowest BCUT2D eigenvalue weighted by Crippen LogP contribution is -2.36. The monoisotopic (exact) mass is 395 g/mol. The van der Waals surface area contributed by atoms with Gasteiger partial charge < -0.3 is 0 Å². The van der Waals surface area contributed by atoms with Crippen LogP contribution in [0.1, 0.15) is 23.6 Å². The largest absolute Gasteiger partial charge is 0.295 e. The number of hydrogen-bond acceptors (Lipinski definition) is 7. The van der Waals surface area contributed by atoms with E-state index in [4.69, 9.17) is 0 Å². The number of fused-ring (bicyclic) bond motifs is 1. The Morgan fingerprint density at radius 1 is 1.29 bits per heavy atom. The number of carbonyl (C=O) groups excluding carboxylic acids is 2. The molecule has 0 aliphatic carbocycles. The number of hydrogen-bond donors (Lipinski definition) is 2. The van der Waals surface area contributed by atoms with E-state index in [2.05, 4.69) is 36.8 Å². The van der Waals surface area contributed by atoms with Crippen molar-refractivity contribution in [1.29, 1.82) is 0 Å². The summed E-state index contributed by atoms with van der Waals surface area (Å²) in [7, 11) is 0. The van der Waals surface area contributed by atoms with Gasteiger partial charge in [0.15, 0.2) is 0 Å². The topological polar surface area (TPSA) is 115 Å². The van der Waals surface area contributed by atoms with Crippen molar-refractivity contribution >= 4 is 35.5 Å². The molecule has 0 spiro atoms. The normalized spacial score (nSPS) is 15.6. The molecule has 2 N–H and O–H groups in total. The van der Waals surface area contributed by atoms with Crippen molar-refractivity contribution in [2.75, 3.05) is 10.6 Å². The van der Waals surface area contributed by atoms with Gasteiger partial charge in [0.05, 0.1) is 6.42 Å². The fraction of sp³-hybridized carbons (Fsp3) is 0.222. The van der Waals surface area contributed by atoms with E-state index in [9.17, 15) is 9.59 Å². The molecule has 0 saturated carbocycles. The van der Waals surface area contributed by atoms with Gasteiger partial charge in [0, 0.05) is 18.1 Å². The molecule has 2 aromatic heterocycles. The summed E-state index contributed by atoms with van der Waals surface area (Å²) in [6, 6.07) is 8.92. The van der Waals surface area contributed by atoms with E-state index in [-0.39, 0.29) is 24.2 Å². The van der Waals surface area contributed by atoms with Crippen molar-refractivity contribution in [3.63, 3.8) is 0 Å². The van der Waals surface area contributed by atoms with Crippen molar-refractivity contribution < 1.29 is 9.59 Å². The number of rotatable bonds is 5. The van der Waals surface area contributed by atoms with Crippen LogP contribution < -0.4 is 10.6 Å². The van der Waals surface area contributed by atoms with Gasteiger partial charge in [-0.1, -0.05) is 36.0 Å². The zero-order valence-electron chi connectivity index (χ0n) is 15.0. The summed E-state index contributed by atoms with van der Waals surface area (Å²) in [5.41, 5.74) is 2.37. The van der Waals surface area contributed by atoms with Crippen molar-refractivity contribution in [2.24, 2.45) is 0 Å². The summed E-state index contributed by atoms with van der Waals surface area (Å²) in [5.74, 6) is 0.429. The highest BCUT2D eigenvalue weighted by molar-refractivity contribution is 7.98. The number of aryl methyl sites for hydroxylation is 1. The lowest BCUT2D eigenvalue weighted by atomic mass is 10.1. The lowest BCUT2D eigenvalue weighted by Gasteiger charge is -2.21. The van der Waals surface area contributed by atoms with Gasteiger partial charge in [-0.25, -0.2) is 14.6 Å². The van der Waals surface area contributed by atoms with Gasteiger partial charge in [-0.15, -0.1) is 5.10 Å². The van der Waals surface area contributed by atoms with Crippen LogP contribution in [0.5, 0.6) is 0 Å². The van der Waals surface area contributed by atoms with Crippen LogP contribution in [0.4, 0.5) is 11.9 Å². The van der Waals surface area contributed by atoms with E-state index in [1.807, 2.05) is 25.1 Å². The highest BCUT2D eigenvalue weighted by Crippen LogP contribution is 2.28. The number of nitrogens with one attached hydrogen (secondary N) is 2. The molecular formula is C18H17N7O2S. The molecule has 0 saturated heterocycles. The Kier molecular flexibility index (Phi) is 5.02. The molecule has 4 rings (SSSR count). The average Bonchev–Trinajstić information content (AvgIpc) is 3.10. The number of nitrogens with zero attached hydrogens (tertiary/aromatic N) is 5. The molecule has 142 valence electrons. The molecule has 1 aliphatic rings. The fourth-order valence-corrected chi connectivity index (χ4v) is 3.69. The van der Waals surface area contributed by atoms with E-state index in [1.165, 1.54) is 40.0 Å². The predicted molar refractivity (Wildman–Crippen MR) is 104 cm³/mol. The maximum absolute atomic E-state index is 12.6. The van der Waals surface area contributed by atoms with Gasteiger partial charge in [0.25, 0.3) is 5.91 Å². The molecule has 0 unspecified atom stereocenters. The molecule has 2 amide bonds. The Morgan fingerprint density at radius 3 is 2.86 bits per heavy atom. The molecule has 10 heteroatoms. The maximum Gasteiger partial charge on any atom is 0.252 e. The van der Waals surface area contributed by atoms with E-state index in [0.29, 0.717) is 10.9 Å². The molecule has 1 aromatic carbocycles. The molecule has 0 radical (unpaired) electrons. The Hall–Kier alpha value is -3.27. The summed E-state index contributed by atoms with van der Waals surface area (Å²) in [6.45, 7) is 2.05. The Balaban J connectivity index is 1.52. The van der Waals surface area contributed by atoms with Gasteiger partial charge >= 0.3 is 0 Å². The van der Waals surface area contributed by atoms with E-state index in [1.54, 1.807) is 6.07 Å². The van der Waals surface area contributed by atoms with E-state index < -0.39 is 11.9 Å². The van der Waals surface area contributed by atoms with Crippen LogP contribution in [0.25, 0.3) is 0 Å². The second-order valence-corrected chi connectivity index (χ2v) is 7.15. The zero-order chi connectivity index (χ0) is 19.5. The third-order valence-corrected chi connectivity index (χ3v) is 5.14. The van der Waals surface area contributed by atoms with Gasteiger partial charge in [-0.05, 0) is 24.1 Å². The predicted octanol–water partition coefficient (Wildman–Crippen LogP) is 2.19. The summed E-state index contributed by atoms with van der Waals surface area (Å²) in [6.07, 6.45) is 3.02. The van der Waals surface area contributed by atoms with Crippen LogP contribution in [0.15, 0.2) is 47.9 Å². The molecule has 9 nitrogen and oxygen atoms in total. The Labute approximate surface area is 165 Å². The van der Waals surface area contributed by atoms with Crippen molar-refractivity contribution in [2.45, 2.75) is 30.3 Å². The first-order chi connectivity index (χ1) is 13.6. The number of carbonyl (C=O) groups is 2. The summed E-state index contributed by atoms with van der Waals surface area (Å²) in [5, 5.41) is 10.2. The van der Waals surface area contributed by atoms with Crippen LogP contribution >= 0.6 is 11.8 Å². The van der Waals surface area contributed by atoms with Gasteiger partial charge in [0.2, 0.25) is 23.0 Å². The first kappa shape index (κ1) is 18.1. The second-order valence-electron chi connectivity index (χ2n) is 6.21. The second kappa shape index (κ2) is 7.77. The van der Waals surface area contributed by atoms with Crippen LogP contribution in [-0.4, -0.2) is 36.5 Å². The average molecular weight is 395 g/mol. The van der Waals surface area contributed by atoms with Gasteiger partial charge in [-0.2, -0.15) is 4.98 Å². The van der Waals surface area contributed by atoms with Crippen molar-refractivity contribution in [3.05, 3.63) is 53.9 Å². The molecule has 28 heavy (non-hydrogen) atoms. The lowest BCUT2D eigenvalue weighted by molar-refractivity contribution is -0.125. The third-order valence-electron chi connectivity index (χ3n) is 4.26. The summed E-state index contributed by atoms with van der Waals surface area (Å²) < 4.78 is 1.44. The molecule has 3 aromatic rings. The summed E-state index contributed by atoms with van der Waals surface area (Å²) in [4.78, 5) is 37.0. The minimum absolute atomic E-state index is 0.0308. The molecule has 0 fully saturated rings. The number of amides is 2. The van der Waals surface area contributed by atoms with Crippen LogP contribution in [0, 0.1) is 6.92 Å². The smallest absolute Gasteiger partial charge is 0.252 e. The standard InChI is InChI=1S/C18H17N7O2S/c1-11-5-2-3-6-12(11)10-28-18-23-17-21-14(26)9-13(25(17)24-18)15(27)22-16-19-7-4-8-20-16/h2-8,13H,9-10H2,1H3,(H,19,20,22,27)(H,21,23,24,26)/t13-/m1/s1. The van der Waals surface area contributed by atoms with E-state index >= 15 is 0 Å². The highest BCUT2D eigenvalue weighted by Gasteiger charge is 2.33. The molecule has 0 bridgehead atoms. The Bertz CT molecular complexity index is 1020. The molecular weight excluding hydrogens is 378 g/mol.